The summed E-state index contributed by atoms with van der Waals surface area (Å²) in [6.07, 6.45) is 5.98. The molecule has 0 bridgehead atoms. The van der Waals surface area contributed by atoms with Gasteiger partial charge in [-0.1, -0.05) is 13.8 Å². The van der Waals surface area contributed by atoms with Crippen molar-refractivity contribution in [3.05, 3.63) is 0 Å². The van der Waals surface area contributed by atoms with E-state index in [9.17, 15) is 9.59 Å². The maximum Gasteiger partial charge on any atom is 0.306 e. The van der Waals surface area contributed by atoms with E-state index in [2.05, 4.69) is 13.8 Å². The van der Waals surface area contributed by atoms with Crippen LogP contribution in [0.25, 0.3) is 0 Å². The molecule has 1 saturated carbocycles. The fourth-order valence-electron chi connectivity index (χ4n) is 4.49. The van der Waals surface area contributed by atoms with E-state index in [1.807, 2.05) is 41.5 Å². The zero-order valence-corrected chi connectivity index (χ0v) is 20.9. The summed E-state index contributed by atoms with van der Waals surface area (Å²) in [6, 6.07) is 0. The molecule has 0 N–H and O–H groups in total. The zero-order valence-electron chi connectivity index (χ0n) is 20.9. The van der Waals surface area contributed by atoms with Gasteiger partial charge in [0.1, 0.15) is 11.2 Å². The lowest BCUT2D eigenvalue weighted by Crippen LogP contribution is -2.35. The Morgan fingerprint density at radius 2 is 1.16 bits per heavy atom. The second-order valence-corrected chi connectivity index (χ2v) is 11.5. The summed E-state index contributed by atoms with van der Waals surface area (Å²) >= 11 is 0. The van der Waals surface area contributed by atoms with Gasteiger partial charge >= 0.3 is 11.9 Å². The van der Waals surface area contributed by atoms with Crippen LogP contribution in [0.3, 0.4) is 0 Å². The molecular weight excluding hydrogens is 396 g/mol. The van der Waals surface area contributed by atoms with Crippen LogP contribution >= 0.6 is 0 Å². The van der Waals surface area contributed by atoms with Gasteiger partial charge in [0.25, 0.3) is 0 Å². The van der Waals surface area contributed by atoms with Crippen molar-refractivity contribution in [2.24, 2.45) is 11.8 Å². The van der Waals surface area contributed by atoms with E-state index in [4.69, 9.17) is 18.9 Å². The Hall–Kier alpha value is -1.14. The van der Waals surface area contributed by atoms with Crippen molar-refractivity contribution in [3.8, 4) is 0 Å². The van der Waals surface area contributed by atoms with E-state index in [1.54, 1.807) is 0 Å². The molecule has 1 saturated heterocycles. The third-order valence-corrected chi connectivity index (χ3v) is 5.96. The van der Waals surface area contributed by atoms with Crippen LogP contribution in [0, 0.1) is 11.8 Å². The molecule has 2 fully saturated rings. The Kier molecular flexibility index (Phi) is 8.59. The molecule has 1 aliphatic carbocycles. The first-order valence-electron chi connectivity index (χ1n) is 12.0. The van der Waals surface area contributed by atoms with Crippen LogP contribution in [0.2, 0.25) is 0 Å². The molecule has 1 heterocycles. The minimum Gasteiger partial charge on any atom is -0.460 e. The molecule has 2 rings (SSSR count). The maximum absolute atomic E-state index is 12.2. The number of esters is 2. The van der Waals surface area contributed by atoms with E-state index in [1.165, 1.54) is 0 Å². The molecule has 0 unspecified atom stereocenters. The molecule has 0 aromatic rings. The summed E-state index contributed by atoms with van der Waals surface area (Å²) < 4.78 is 24.0. The molecule has 6 heteroatoms. The SMILES string of the molecule is C[C@@H](CCC(=O)OC(C)(C)C)[C@@H]1OC2(CCCC2)O[C@H]1[C@@H](C)CCC(=O)OC(C)(C)C. The molecule has 1 aliphatic heterocycles. The van der Waals surface area contributed by atoms with Crippen molar-refractivity contribution in [1.29, 1.82) is 0 Å². The molecule has 180 valence electrons. The maximum atomic E-state index is 12.2. The molecule has 0 aromatic heterocycles. The topological polar surface area (TPSA) is 71.1 Å². The molecule has 31 heavy (non-hydrogen) atoms. The third-order valence-electron chi connectivity index (χ3n) is 5.96. The van der Waals surface area contributed by atoms with Gasteiger partial charge in [0, 0.05) is 25.7 Å². The second kappa shape index (κ2) is 10.2. The predicted octanol–water partition coefficient (Wildman–Crippen LogP) is 5.56. The van der Waals surface area contributed by atoms with Gasteiger partial charge in [0.15, 0.2) is 5.79 Å². The van der Waals surface area contributed by atoms with E-state index < -0.39 is 17.0 Å². The monoisotopic (exact) mass is 440 g/mol. The Bertz CT molecular complexity index is 560. The van der Waals surface area contributed by atoms with E-state index in [0.717, 1.165) is 25.7 Å². The number of hydrogen-bond acceptors (Lipinski definition) is 6. The average Bonchev–Trinajstić information content (AvgIpc) is 3.22. The van der Waals surface area contributed by atoms with E-state index in [-0.39, 0.29) is 36.0 Å². The molecule has 2 aliphatic rings. The quantitative estimate of drug-likeness (QED) is 0.460. The third kappa shape index (κ3) is 8.38. The highest BCUT2D eigenvalue weighted by Gasteiger charge is 2.51. The standard InChI is InChI=1S/C25H44O6/c1-17(11-13-19(26)28-23(3,4)5)21-22(31-25(30-21)15-9-10-16-25)18(2)12-14-20(27)29-24(6,7)8/h17-18,21-22H,9-16H2,1-8H3/t17-,18-,21-,22-/m0/s1. The van der Waals surface area contributed by atoms with E-state index in [0.29, 0.717) is 25.7 Å². The minimum absolute atomic E-state index is 0.0887. The first-order chi connectivity index (χ1) is 14.2. The first-order valence-corrected chi connectivity index (χ1v) is 12.0. The Morgan fingerprint density at radius 1 is 0.806 bits per heavy atom. The molecular formula is C25H44O6. The number of carbonyl (C=O) groups excluding carboxylic acids is 2. The fourth-order valence-corrected chi connectivity index (χ4v) is 4.49. The molecule has 1 spiro atoms. The molecule has 0 radical (unpaired) electrons. The van der Waals surface area contributed by atoms with Gasteiger partial charge in [-0.05, 0) is 79.1 Å². The van der Waals surface area contributed by atoms with Crippen molar-refractivity contribution in [3.63, 3.8) is 0 Å². The van der Waals surface area contributed by atoms with Gasteiger partial charge in [0.05, 0.1) is 12.2 Å². The summed E-state index contributed by atoms with van der Waals surface area (Å²) in [6.45, 7) is 15.6. The molecule has 0 amide bonds. The van der Waals surface area contributed by atoms with Crippen LogP contribution in [0.4, 0.5) is 0 Å². The van der Waals surface area contributed by atoms with Gasteiger partial charge in [-0.15, -0.1) is 0 Å². The lowest BCUT2D eigenvalue weighted by atomic mass is 9.87. The minimum atomic E-state index is -0.490. The second-order valence-electron chi connectivity index (χ2n) is 11.5. The highest BCUT2D eigenvalue weighted by Crippen LogP contribution is 2.46. The normalized spacial score (nSPS) is 25.4. The number of carbonyl (C=O) groups is 2. The van der Waals surface area contributed by atoms with Gasteiger partial charge in [-0.3, -0.25) is 9.59 Å². The summed E-state index contributed by atoms with van der Waals surface area (Å²) in [4.78, 5) is 24.4. The number of ether oxygens (including phenoxy) is 4. The average molecular weight is 441 g/mol. The van der Waals surface area contributed by atoms with Crippen molar-refractivity contribution < 1.29 is 28.5 Å². The van der Waals surface area contributed by atoms with Crippen molar-refractivity contribution >= 4 is 11.9 Å². The summed E-state index contributed by atoms with van der Waals surface area (Å²) in [7, 11) is 0. The van der Waals surface area contributed by atoms with Gasteiger partial charge in [-0.25, -0.2) is 0 Å². The lowest BCUT2D eigenvalue weighted by molar-refractivity contribution is -0.176. The molecule has 0 aromatic carbocycles. The van der Waals surface area contributed by atoms with Gasteiger partial charge in [-0.2, -0.15) is 0 Å². The smallest absolute Gasteiger partial charge is 0.306 e. The molecule has 6 nitrogen and oxygen atoms in total. The van der Waals surface area contributed by atoms with Gasteiger partial charge in [0.2, 0.25) is 0 Å². The van der Waals surface area contributed by atoms with Crippen LogP contribution in [-0.2, 0) is 28.5 Å². The molecule has 4 atom stereocenters. The fraction of sp³-hybridized carbons (Fsp3) is 0.920. The number of hydrogen-bond donors (Lipinski definition) is 0. The Morgan fingerprint density at radius 3 is 1.48 bits per heavy atom. The summed E-state index contributed by atoms with van der Waals surface area (Å²) in [5.41, 5.74) is -0.945. The van der Waals surface area contributed by atoms with E-state index >= 15 is 0 Å². The summed E-state index contributed by atoms with van der Waals surface area (Å²) in [5, 5.41) is 0. The highest BCUT2D eigenvalue weighted by molar-refractivity contribution is 5.70. The first kappa shape index (κ1) is 26.1. The Balaban J connectivity index is 1.97. The van der Waals surface area contributed by atoms with Crippen LogP contribution < -0.4 is 0 Å². The predicted molar refractivity (Wildman–Crippen MR) is 119 cm³/mol. The Labute approximate surface area is 188 Å². The zero-order chi connectivity index (χ0) is 23.4. The van der Waals surface area contributed by atoms with Crippen molar-refractivity contribution in [2.75, 3.05) is 0 Å². The van der Waals surface area contributed by atoms with Crippen LogP contribution in [0.5, 0.6) is 0 Å². The van der Waals surface area contributed by atoms with Crippen LogP contribution in [0.1, 0.15) is 107 Å². The van der Waals surface area contributed by atoms with Crippen molar-refractivity contribution in [2.45, 2.75) is 136 Å². The largest absolute Gasteiger partial charge is 0.460 e. The van der Waals surface area contributed by atoms with Gasteiger partial charge < -0.3 is 18.9 Å². The van der Waals surface area contributed by atoms with Crippen molar-refractivity contribution in [1.82, 2.24) is 0 Å². The highest BCUT2D eigenvalue weighted by atomic mass is 16.8. The van der Waals surface area contributed by atoms with Crippen LogP contribution in [0.15, 0.2) is 0 Å². The number of rotatable bonds is 8. The lowest BCUT2D eigenvalue weighted by Gasteiger charge is -2.28. The summed E-state index contributed by atoms with van der Waals surface area (Å²) in [5.74, 6) is -0.537. The van der Waals surface area contributed by atoms with Crippen LogP contribution in [-0.4, -0.2) is 41.1 Å².